The molecule has 0 aliphatic carbocycles. The van der Waals surface area contributed by atoms with Crippen molar-refractivity contribution in [1.82, 2.24) is 5.32 Å². The van der Waals surface area contributed by atoms with Gasteiger partial charge in [-0.25, -0.2) is 9.59 Å². The third-order valence-corrected chi connectivity index (χ3v) is 2.98. The van der Waals surface area contributed by atoms with Crippen LogP contribution in [-0.4, -0.2) is 33.9 Å². The van der Waals surface area contributed by atoms with Crippen molar-refractivity contribution in [1.29, 1.82) is 0 Å². The van der Waals surface area contributed by atoms with E-state index in [-0.39, 0.29) is 12.2 Å². The number of aryl methyl sites for hydroxylation is 2. The van der Waals surface area contributed by atoms with Gasteiger partial charge in [0.2, 0.25) is 0 Å². The standard InChI is InChI=1S/C16H23NO5/c1-9-6-11(7-10(2)13(9)18)8-12(14(19)20)17-15(21)22-16(3,4)5/h6-7,12,18H,8H2,1-5H3,(H,17,21)(H,19,20)/t12-/m0/s1. The van der Waals surface area contributed by atoms with Crippen LogP contribution in [0.15, 0.2) is 12.1 Å². The lowest BCUT2D eigenvalue weighted by molar-refractivity contribution is -0.139. The maximum Gasteiger partial charge on any atom is 0.408 e. The van der Waals surface area contributed by atoms with Gasteiger partial charge in [-0.15, -0.1) is 0 Å². The van der Waals surface area contributed by atoms with E-state index in [0.29, 0.717) is 11.1 Å². The van der Waals surface area contributed by atoms with Crippen LogP contribution in [0, 0.1) is 13.8 Å². The summed E-state index contributed by atoms with van der Waals surface area (Å²) in [6.07, 6.45) is -0.664. The number of carbonyl (C=O) groups is 2. The second-order valence-corrected chi connectivity index (χ2v) is 6.32. The molecule has 0 aliphatic rings. The molecule has 6 heteroatoms. The highest BCUT2D eigenvalue weighted by Gasteiger charge is 2.24. The normalized spacial score (nSPS) is 12.6. The Hall–Kier alpha value is -2.24. The van der Waals surface area contributed by atoms with Crippen molar-refractivity contribution in [3.63, 3.8) is 0 Å². The van der Waals surface area contributed by atoms with Crippen LogP contribution in [0.5, 0.6) is 5.75 Å². The molecular weight excluding hydrogens is 286 g/mol. The lowest BCUT2D eigenvalue weighted by atomic mass is 10.0. The van der Waals surface area contributed by atoms with Gasteiger partial charge in [0.1, 0.15) is 17.4 Å². The molecule has 1 rings (SSSR count). The first kappa shape index (κ1) is 17.8. The van der Waals surface area contributed by atoms with Gasteiger partial charge in [-0.05, 0) is 51.3 Å². The van der Waals surface area contributed by atoms with E-state index in [0.717, 1.165) is 5.56 Å². The average molecular weight is 309 g/mol. The van der Waals surface area contributed by atoms with Crippen LogP contribution in [-0.2, 0) is 16.0 Å². The Morgan fingerprint density at radius 2 is 1.73 bits per heavy atom. The minimum absolute atomic E-state index is 0.108. The Balaban J connectivity index is 2.85. The van der Waals surface area contributed by atoms with E-state index in [9.17, 15) is 19.8 Å². The number of rotatable bonds is 4. The first-order valence-electron chi connectivity index (χ1n) is 7.01. The molecule has 1 atom stereocenters. The lowest BCUT2D eigenvalue weighted by Gasteiger charge is -2.22. The lowest BCUT2D eigenvalue weighted by Crippen LogP contribution is -2.44. The number of benzene rings is 1. The number of carboxylic acid groups (broad SMARTS) is 1. The summed E-state index contributed by atoms with van der Waals surface area (Å²) in [4.78, 5) is 23.0. The van der Waals surface area contributed by atoms with Crippen LogP contribution in [0.3, 0.4) is 0 Å². The summed E-state index contributed by atoms with van der Waals surface area (Å²) in [6.45, 7) is 8.59. The number of carboxylic acids is 1. The second-order valence-electron chi connectivity index (χ2n) is 6.32. The molecular formula is C16H23NO5. The van der Waals surface area contributed by atoms with Crippen molar-refractivity contribution in [3.05, 3.63) is 28.8 Å². The molecule has 122 valence electrons. The molecule has 0 saturated carbocycles. The molecule has 0 saturated heterocycles. The summed E-state index contributed by atoms with van der Waals surface area (Å²) >= 11 is 0. The summed E-state index contributed by atoms with van der Waals surface area (Å²) in [5.41, 5.74) is 1.35. The van der Waals surface area contributed by atoms with Crippen molar-refractivity contribution in [3.8, 4) is 5.75 Å². The van der Waals surface area contributed by atoms with Crippen LogP contribution in [0.1, 0.15) is 37.5 Å². The van der Waals surface area contributed by atoms with E-state index >= 15 is 0 Å². The van der Waals surface area contributed by atoms with Gasteiger partial charge < -0.3 is 20.3 Å². The van der Waals surface area contributed by atoms with Gasteiger partial charge in [0, 0.05) is 6.42 Å². The molecule has 0 aromatic heterocycles. The van der Waals surface area contributed by atoms with Crippen LogP contribution in [0.2, 0.25) is 0 Å². The number of hydrogen-bond acceptors (Lipinski definition) is 4. The maximum atomic E-state index is 11.7. The highest BCUT2D eigenvalue weighted by Crippen LogP contribution is 2.23. The molecule has 22 heavy (non-hydrogen) atoms. The van der Waals surface area contributed by atoms with E-state index < -0.39 is 23.7 Å². The molecule has 0 aliphatic heterocycles. The Morgan fingerprint density at radius 3 is 2.14 bits per heavy atom. The average Bonchev–Trinajstić information content (AvgIpc) is 2.32. The molecule has 0 heterocycles. The number of ether oxygens (including phenoxy) is 1. The Bertz CT molecular complexity index is 551. The molecule has 6 nitrogen and oxygen atoms in total. The Kier molecular flexibility index (Phi) is 5.41. The summed E-state index contributed by atoms with van der Waals surface area (Å²) in [7, 11) is 0. The highest BCUT2D eigenvalue weighted by molar-refractivity contribution is 5.80. The number of phenols is 1. The molecule has 0 bridgehead atoms. The maximum absolute atomic E-state index is 11.7. The topological polar surface area (TPSA) is 95.9 Å². The third kappa shape index (κ3) is 5.27. The van der Waals surface area contributed by atoms with Gasteiger partial charge in [0.25, 0.3) is 0 Å². The van der Waals surface area contributed by atoms with Crippen LogP contribution in [0.25, 0.3) is 0 Å². The monoisotopic (exact) mass is 309 g/mol. The molecule has 1 aromatic rings. The number of aliphatic carboxylic acids is 1. The zero-order valence-corrected chi connectivity index (χ0v) is 13.6. The number of amides is 1. The molecule has 0 unspecified atom stereocenters. The predicted molar refractivity (Wildman–Crippen MR) is 82.1 cm³/mol. The predicted octanol–water partition coefficient (Wildman–Crippen LogP) is 2.53. The van der Waals surface area contributed by atoms with E-state index in [4.69, 9.17) is 4.74 Å². The molecule has 3 N–H and O–H groups in total. The van der Waals surface area contributed by atoms with E-state index in [2.05, 4.69) is 5.32 Å². The largest absolute Gasteiger partial charge is 0.507 e. The van der Waals surface area contributed by atoms with Gasteiger partial charge in [0.15, 0.2) is 0 Å². The molecule has 0 fully saturated rings. The minimum atomic E-state index is -1.14. The van der Waals surface area contributed by atoms with Crippen molar-refractivity contribution < 1.29 is 24.5 Å². The fraction of sp³-hybridized carbons (Fsp3) is 0.500. The van der Waals surface area contributed by atoms with Gasteiger partial charge in [-0.3, -0.25) is 0 Å². The Morgan fingerprint density at radius 1 is 1.23 bits per heavy atom. The number of phenolic OH excluding ortho intramolecular Hbond substituents is 1. The molecule has 1 aromatic carbocycles. The molecule has 1 amide bonds. The van der Waals surface area contributed by atoms with Crippen LogP contribution >= 0.6 is 0 Å². The number of carbonyl (C=O) groups excluding carboxylic acids is 1. The van der Waals surface area contributed by atoms with Gasteiger partial charge in [-0.1, -0.05) is 12.1 Å². The first-order valence-corrected chi connectivity index (χ1v) is 7.01. The third-order valence-electron chi connectivity index (χ3n) is 2.98. The fourth-order valence-electron chi connectivity index (χ4n) is 2.05. The molecule has 0 radical (unpaired) electrons. The van der Waals surface area contributed by atoms with Gasteiger partial charge >= 0.3 is 12.1 Å². The number of aromatic hydroxyl groups is 1. The van der Waals surface area contributed by atoms with Crippen molar-refractivity contribution in [2.45, 2.75) is 52.7 Å². The summed E-state index contributed by atoms with van der Waals surface area (Å²) in [5, 5.41) is 21.3. The quantitative estimate of drug-likeness (QED) is 0.794. The molecule has 0 spiro atoms. The zero-order valence-electron chi connectivity index (χ0n) is 13.6. The van der Waals surface area contributed by atoms with Crippen LogP contribution in [0.4, 0.5) is 4.79 Å². The van der Waals surface area contributed by atoms with Crippen LogP contribution < -0.4 is 5.32 Å². The van der Waals surface area contributed by atoms with E-state index in [1.807, 2.05) is 0 Å². The fourth-order valence-corrected chi connectivity index (χ4v) is 2.05. The number of hydrogen-bond donors (Lipinski definition) is 3. The van der Waals surface area contributed by atoms with Crippen molar-refractivity contribution in [2.75, 3.05) is 0 Å². The van der Waals surface area contributed by atoms with Gasteiger partial charge in [0.05, 0.1) is 0 Å². The van der Waals surface area contributed by atoms with E-state index in [1.165, 1.54) is 0 Å². The first-order chi connectivity index (χ1) is 9.99. The van der Waals surface area contributed by atoms with E-state index in [1.54, 1.807) is 46.8 Å². The van der Waals surface area contributed by atoms with Crippen molar-refractivity contribution >= 4 is 12.1 Å². The van der Waals surface area contributed by atoms with Crippen molar-refractivity contribution in [2.24, 2.45) is 0 Å². The number of nitrogens with one attached hydrogen (secondary N) is 1. The Labute approximate surface area is 130 Å². The summed E-state index contributed by atoms with van der Waals surface area (Å²) < 4.78 is 5.07. The second kappa shape index (κ2) is 6.68. The minimum Gasteiger partial charge on any atom is -0.507 e. The van der Waals surface area contributed by atoms with Gasteiger partial charge in [-0.2, -0.15) is 0 Å². The SMILES string of the molecule is Cc1cc(C[C@H](NC(=O)OC(C)(C)C)C(=O)O)cc(C)c1O. The number of alkyl carbamates (subject to hydrolysis) is 1. The smallest absolute Gasteiger partial charge is 0.408 e. The summed E-state index contributed by atoms with van der Waals surface area (Å²) in [6, 6.07) is 2.31. The zero-order chi connectivity index (χ0) is 17.1. The summed E-state index contributed by atoms with van der Waals surface area (Å²) in [5.74, 6) is -0.954. The highest BCUT2D eigenvalue weighted by atomic mass is 16.6.